The first-order chi connectivity index (χ1) is 29.5. The van der Waals surface area contributed by atoms with Crippen LogP contribution in [0.25, 0.3) is 87.2 Å². The number of hydrogen-bond donors (Lipinski definition) is 0. The fraction of sp³-hybridized carbons (Fsp3) is 0.0508. The smallest absolute Gasteiger partial charge is 0.0546 e. The molecular weight excluding hydrogens is 723 g/mol. The van der Waals surface area contributed by atoms with Crippen LogP contribution in [0.5, 0.6) is 0 Å². The van der Waals surface area contributed by atoms with Crippen molar-refractivity contribution in [2.24, 2.45) is 0 Å². The average molecular weight is 764 g/mol. The van der Waals surface area contributed by atoms with Gasteiger partial charge in [0.25, 0.3) is 0 Å². The third-order valence-corrected chi connectivity index (χ3v) is 13.2. The Kier molecular flexibility index (Phi) is 7.65. The Morgan fingerprint density at radius 1 is 0.300 bits per heavy atom. The maximum Gasteiger partial charge on any atom is 0.0546 e. The van der Waals surface area contributed by atoms with E-state index in [0.717, 1.165) is 17.1 Å². The average Bonchev–Trinajstić information content (AvgIpc) is 3.54. The maximum atomic E-state index is 2.52. The predicted molar refractivity (Wildman–Crippen MR) is 257 cm³/mol. The molecule has 0 fully saturated rings. The largest absolute Gasteiger partial charge is 0.310 e. The third-order valence-electron chi connectivity index (χ3n) is 13.2. The Labute approximate surface area is 350 Å². The summed E-state index contributed by atoms with van der Waals surface area (Å²) >= 11 is 0. The molecule has 0 bridgehead atoms. The lowest BCUT2D eigenvalue weighted by Crippen LogP contribution is -2.17. The van der Waals surface area contributed by atoms with Crippen molar-refractivity contribution in [2.45, 2.75) is 19.3 Å². The lowest BCUT2D eigenvalue weighted by atomic mass is 9.82. The summed E-state index contributed by atoms with van der Waals surface area (Å²) in [6.45, 7) is 4.75. The second kappa shape index (κ2) is 13.3. The number of anilines is 3. The van der Waals surface area contributed by atoms with Gasteiger partial charge in [-0.3, -0.25) is 0 Å². The first-order valence-corrected chi connectivity index (χ1v) is 21.0. The Hall–Kier alpha value is -7.48. The Morgan fingerprint density at radius 2 is 0.817 bits per heavy atom. The van der Waals surface area contributed by atoms with Gasteiger partial charge in [0.15, 0.2) is 0 Å². The molecule has 0 amide bonds. The van der Waals surface area contributed by atoms with E-state index < -0.39 is 0 Å². The fourth-order valence-corrected chi connectivity index (χ4v) is 10.3. The van der Waals surface area contributed by atoms with E-state index in [2.05, 4.69) is 231 Å². The summed E-state index contributed by atoms with van der Waals surface area (Å²) in [4.78, 5) is 2.52. The van der Waals surface area contributed by atoms with E-state index in [1.54, 1.807) is 0 Å². The number of rotatable bonds is 5. The second-order valence-corrected chi connectivity index (χ2v) is 16.9. The standard InChI is InChI=1S/C59H41N/c1-59(2)56-28-12-11-26-51(56)52-32-31-44(35-57(52)59)60(43-30-29-38-15-3-4-17-40(38)34-43)58-37-55-50-25-10-8-23-48(50)47-22-7-9-24-49(47)54(55)36-53(58)42-20-13-19-41(33-42)46-27-14-18-39-16-5-6-21-45(39)46/h3-37H,1-2H3. The van der Waals surface area contributed by atoms with Crippen LogP contribution in [0.15, 0.2) is 212 Å². The minimum Gasteiger partial charge on any atom is -0.310 e. The normalized spacial score (nSPS) is 13.0. The van der Waals surface area contributed by atoms with Crippen LogP contribution in [0.1, 0.15) is 25.0 Å². The highest BCUT2D eigenvalue weighted by atomic mass is 15.1. The maximum absolute atomic E-state index is 2.52. The minimum absolute atomic E-state index is 0.148. The van der Waals surface area contributed by atoms with Crippen LogP contribution >= 0.6 is 0 Å². The monoisotopic (exact) mass is 763 g/mol. The molecule has 1 heteroatoms. The summed E-state index contributed by atoms with van der Waals surface area (Å²) in [6, 6.07) is 79.0. The van der Waals surface area contributed by atoms with E-state index in [0.29, 0.717) is 0 Å². The van der Waals surface area contributed by atoms with Gasteiger partial charge in [-0.15, -0.1) is 0 Å². The highest BCUT2D eigenvalue weighted by Gasteiger charge is 2.36. The number of hydrogen-bond acceptors (Lipinski definition) is 1. The van der Waals surface area contributed by atoms with Crippen molar-refractivity contribution < 1.29 is 0 Å². The van der Waals surface area contributed by atoms with Gasteiger partial charge in [0.2, 0.25) is 0 Å². The predicted octanol–water partition coefficient (Wildman–Crippen LogP) is 16.6. The van der Waals surface area contributed by atoms with E-state index in [1.807, 2.05) is 0 Å². The van der Waals surface area contributed by atoms with Gasteiger partial charge in [0.1, 0.15) is 0 Å². The summed E-state index contributed by atoms with van der Waals surface area (Å²) in [6.07, 6.45) is 0. The summed E-state index contributed by atoms with van der Waals surface area (Å²) in [5.41, 5.74) is 13.4. The quantitative estimate of drug-likeness (QED) is 0.158. The lowest BCUT2D eigenvalue weighted by molar-refractivity contribution is 0.660. The zero-order valence-corrected chi connectivity index (χ0v) is 33.7. The molecule has 1 aliphatic rings. The summed E-state index contributed by atoms with van der Waals surface area (Å²) in [5, 5.41) is 12.5. The van der Waals surface area contributed by atoms with E-state index in [-0.39, 0.29) is 5.41 Å². The Bertz CT molecular complexity index is 3530. The SMILES string of the molecule is CC1(C)c2ccccc2-c2ccc(N(c3ccc4ccccc4c3)c3cc4c5ccccc5c5ccccc5c4cc3-c3cccc(-c4cccc5ccccc45)c3)cc21. The molecule has 1 nitrogen and oxygen atoms in total. The van der Waals surface area contributed by atoms with Crippen molar-refractivity contribution in [2.75, 3.05) is 4.90 Å². The van der Waals surface area contributed by atoms with Gasteiger partial charge in [-0.1, -0.05) is 184 Å². The van der Waals surface area contributed by atoms with E-state index >= 15 is 0 Å². The highest BCUT2D eigenvalue weighted by molar-refractivity contribution is 6.27. The van der Waals surface area contributed by atoms with Crippen LogP contribution in [0.2, 0.25) is 0 Å². The lowest BCUT2D eigenvalue weighted by Gasteiger charge is -2.31. The van der Waals surface area contributed by atoms with Gasteiger partial charge in [0, 0.05) is 22.4 Å². The molecule has 0 N–H and O–H groups in total. The topological polar surface area (TPSA) is 3.24 Å². The van der Waals surface area contributed by atoms with Crippen molar-refractivity contribution >= 4 is 70.9 Å². The molecule has 1 aliphatic carbocycles. The van der Waals surface area contributed by atoms with Crippen molar-refractivity contribution in [3.05, 3.63) is 223 Å². The molecule has 60 heavy (non-hydrogen) atoms. The first-order valence-electron chi connectivity index (χ1n) is 21.0. The van der Waals surface area contributed by atoms with Crippen LogP contribution in [-0.2, 0) is 5.41 Å². The molecular formula is C59H41N. The molecule has 0 saturated carbocycles. The molecule has 11 aromatic carbocycles. The molecule has 0 aromatic heterocycles. The second-order valence-electron chi connectivity index (χ2n) is 16.9. The molecule has 0 heterocycles. The number of nitrogens with zero attached hydrogens (tertiary/aromatic N) is 1. The van der Waals surface area contributed by atoms with Gasteiger partial charge < -0.3 is 4.90 Å². The highest BCUT2D eigenvalue weighted by Crippen LogP contribution is 2.52. The molecule has 11 aromatic rings. The van der Waals surface area contributed by atoms with Gasteiger partial charge in [-0.25, -0.2) is 0 Å². The molecule has 0 radical (unpaired) electrons. The molecule has 0 unspecified atom stereocenters. The molecule has 12 rings (SSSR count). The summed E-state index contributed by atoms with van der Waals surface area (Å²) in [7, 11) is 0. The van der Waals surface area contributed by atoms with Crippen molar-refractivity contribution in [3.63, 3.8) is 0 Å². The molecule has 282 valence electrons. The number of benzene rings is 11. The third kappa shape index (κ3) is 5.26. The van der Waals surface area contributed by atoms with Crippen LogP contribution < -0.4 is 4.90 Å². The van der Waals surface area contributed by atoms with Crippen molar-refractivity contribution in [1.29, 1.82) is 0 Å². The zero-order valence-electron chi connectivity index (χ0n) is 33.7. The zero-order chi connectivity index (χ0) is 40.0. The van der Waals surface area contributed by atoms with Gasteiger partial charge >= 0.3 is 0 Å². The Balaban J connectivity index is 1.19. The molecule has 0 atom stereocenters. The molecule has 0 spiro atoms. The van der Waals surface area contributed by atoms with E-state index in [4.69, 9.17) is 0 Å². The van der Waals surface area contributed by atoms with Crippen LogP contribution in [0.4, 0.5) is 17.1 Å². The van der Waals surface area contributed by atoms with Gasteiger partial charge in [0.05, 0.1) is 5.69 Å². The fourth-order valence-electron chi connectivity index (χ4n) is 10.3. The summed E-state index contributed by atoms with van der Waals surface area (Å²) < 4.78 is 0. The van der Waals surface area contributed by atoms with Gasteiger partial charge in [-0.2, -0.15) is 0 Å². The van der Waals surface area contributed by atoms with Crippen molar-refractivity contribution in [1.82, 2.24) is 0 Å². The van der Waals surface area contributed by atoms with Crippen molar-refractivity contribution in [3.8, 4) is 33.4 Å². The number of fused-ring (bicyclic) bond motifs is 11. The minimum atomic E-state index is -0.148. The van der Waals surface area contributed by atoms with E-state index in [1.165, 1.54) is 98.4 Å². The first kappa shape index (κ1) is 34.6. The van der Waals surface area contributed by atoms with Crippen LogP contribution in [0.3, 0.4) is 0 Å². The van der Waals surface area contributed by atoms with Gasteiger partial charge in [-0.05, 0) is 135 Å². The van der Waals surface area contributed by atoms with Crippen LogP contribution in [0, 0.1) is 0 Å². The molecule has 0 aliphatic heterocycles. The van der Waals surface area contributed by atoms with E-state index in [9.17, 15) is 0 Å². The summed E-state index contributed by atoms with van der Waals surface area (Å²) in [5.74, 6) is 0. The van der Waals surface area contributed by atoms with Crippen LogP contribution in [-0.4, -0.2) is 0 Å². The Morgan fingerprint density at radius 3 is 1.58 bits per heavy atom. The molecule has 0 saturated heterocycles.